The lowest BCUT2D eigenvalue weighted by Gasteiger charge is -2.09. The number of hydrogen-bond acceptors (Lipinski definition) is 5. The number of hydrogen-bond donors (Lipinski definition) is 1. The fraction of sp³-hybridized carbons (Fsp3) is 0.286. The molecule has 0 saturated carbocycles. The van der Waals surface area contributed by atoms with Gasteiger partial charge in [0.25, 0.3) is 5.91 Å². The van der Waals surface area contributed by atoms with Crippen molar-refractivity contribution in [3.63, 3.8) is 0 Å². The molecule has 0 aromatic heterocycles. The van der Waals surface area contributed by atoms with Gasteiger partial charge in [-0.15, -0.1) is 0 Å². The maximum absolute atomic E-state index is 12.0. The van der Waals surface area contributed by atoms with Gasteiger partial charge >= 0.3 is 5.97 Å². The molecule has 0 atom stereocenters. The molecule has 0 heterocycles. The molecule has 0 aliphatic carbocycles. The molecule has 2 aromatic carbocycles. The fourth-order valence-electron chi connectivity index (χ4n) is 2.23. The van der Waals surface area contributed by atoms with Crippen LogP contribution < -0.4 is 10.1 Å². The lowest BCUT2D eigenvalue weighted by atomic mass is 10.1. The normalized spacial score (nSPS) is 10.1. The smallest absolute Gasteiger partial charge is 0.338 e. The molecular formula is C21H23NO5. The molecule has 1 amide bonds. The Labute approximate surface area is 158 Å². The molecule has 0 aliphatic heterocycles. The summed E-state index contributed by atoms with van der Waals surface area (Å²) in [5.41, 5.74) is 1.50. The van der Waals surface area contributed by atoms with E-state index in [0.29, 0.717) is 29.2 Å². The molecule has 6 nitrogen and oxygen atoms in total. The molecule has 0 saturated heterocycles. The highest BCUT2D eigenvalue weighted by atomic mass is 16.5. The Bertz CT molecular complexity index is 798. The van der Waals surface area contributed by atoms with Crippen LogP contribution in [0.1, 0.15) is 47.4 Å². The number of esters is 1. The Balaban J connectivity index is 1.84. The van der Waals surface area contributed by atoms with Crippen molar-refractivity contribution >= 4 is 23.3 Å². The van der Waals surface area contributed by atoms with E-state index in [4.69, 9.17) is 9.47 Å². The predicted molar refractivity (Wildman–Crippen MR) is 102 cm³/mol. The largest absolute Gasteiger partial charge is 0.484 e. The number of rotatable bonds is 9. The van der Waals surface area contributed by atoms with E-state index >= 15 is 0 Å². The first-order valence-corrected chi connectivity index (χ1v) is 8.80. The van der Waals surface area contributed by atoms with Crippen LogP contribution in [0.5, 0.6) is 5.75 Å². The number of ketones is 1. The Morgan fingerprint density at radius 2 is 1.74 bits per heavy atom. The summed E-state index contributed by atoms with van der Waals surface area (Å²) in [5, 5.41) is 2.69. The van der Waals surface area contributed by atoms with Crippen molar-refractivity contribution in [2.24, 2.45) is 0 Å². The molecule has 1 N–H and O–H groups in total. The van der Waals surface area contributed by atoms with Gasteiger partial charge in [-0.25, -0.2) is 4.79 Å². The summed E-state index contributed by atoms with van der Waals surface area (Å²) in [5.74, 6) is -0.349. The second kappa shape index (κ2) is 10.1. The zero-order valence-corrected chi connectivity index (χ0v) is 15.5. The predicted octanol–water partition coefficient (Wildman–Crippen LogP) is 3.86. The van der Waals surface area contributed by atoms with E-state index in [1.54, 1.807) is 48.5 Å². The van der Waals surface area contributed by atoms with Crippen molar-refractivity contribution in [3.05, 3.63) is 59.7 Å². The Morgan fingerprint density at radius 3 is 2.41 bits per heavy atom. The van der Waals surface area contributed by atoms with Crippen molar-refractivity contribution < 1.29 is 23.9 Å². The molecule has 0 radical (unpaired) electrons. The van der Waals surface area contributed by atoms with Gasteiger partial charge in [-0.3, -0.25) is 9.59 Å². The number of carbonyl (C=O) groups excluding carboxylic acids is 3. The second-order valence-electron chi connectivity index (χ2n) is 5.99. The van der Waals surface area contributed by atoms with Gasteiger partial charge in [0, 0.05) is 11.3 Å². The van der Waals surface area contributed by atoms with E-state index in [9.17, 15) is 14.4 Å². The van der Waals surface area contributed by atoms with E-state index in [2.05, 4.69) is 5.32 Å². The molecule has 0 bridgehead atoms. The lowest BCUT2D eigenvalue weighted by Crippen LogP contribution is -2.20. The molecule has 142 valence electrons. The van der Waals surface area contributed by atoms with Crippen molar-refractivity contribution in [2.45, 2.75) is 26.7 Å². The quantitative estimate of drug-likeness (QED) is 0.412. The summed E-state index contributed by atoms with van der Waals surface area (Å²) in [4.78, 5) is 35.2. The fourth-order valence-corrected chi connectivity index (χ4v) is 2.23. The minimum absolute atomic E-state index is 0.0711. The monoisotopic (exact) mass is 369 g/mol. The van der Waals surface area contributed by atoms with E-state index in [1.165, 1.54) is 6.92 Å². The van der Waals surface area contributed by atoms with Crippen molar-refractivity contribution in [1.82, 2.24) is 0 Å². The molecule has 6 heteroatoms. The van der Waals surface area contributed by atoms with Crippen LogP contribution in [0.3, 0.4) is 0 Å². The Kier molecular flexibility index (Phi) is 7.55. The van der Waals surface area contributed by atoms with Gasteiger partial charge < -0.3 is 14.8 Å². The third-order valence-corrected chi connectivity index (χ3v) is 3.75. The Hall–Kier alpha value is -3.15. The zero-order chi connectivity index (χ0) is 19.6. The van der Waals surface area contributed by atoms with Crippen LogP contribution in [-0.4, -0.2) is 30.9 Å². The van der Waals surface area contributed by atoms with E-state index in [1.807, 2.05) is 6.92 Å². The van der Waals surface area contributed by atoms with Gasteiger partial charge in [0.1, 0.15) is 5.75 Å². The molecule has 0 aliphatic rings. The SMILES string of the molecule is CCCCOC(=O)c1ccc(NC(=O)COc2cccc(C(C)=O)c2)cc1. The highest BCUT2D eigenvalue weighted by molar-refractivity contribution is 5.95. The van der Waals surface area contributed by atoms with Gasteiger partial charge in [0.15, 0.2) is 12.4 Å². The number of amides is 1. The topological polar surface area (TPSA) is 81.7 Å². The Morgan fingerprint density at radius 1 is 1.00 bits per heavy atom. The number of Topliss-reactive ketones (excluding diaryl/α,β-unsaturated/α-hetero) is 1. The third-order valence-electron chi connectivity index (χ3n) is 3.75. The van der Waals surface area contributed by atoms with E-state index in [-0.39, 0.29) is 24.3 Å². The van der Waals surface area contributed by atoms with Gasteiger partial charge in [0.05, 0.1) is 12.2 Å². The highest BCUT2D eigenvalue weighted by Gasteiger charge is 2.09. The van der Waals surface area contributed by atoms with Crippen molar-refractivity contribution in [2.75, 3.05) is 18.5 Å². The van der Waals surface area contributed by atoms with Crippen molar-refractivity contribution in [1.29, 1.82) is 0 Å². The summed E-state index contributed by atoms with van der Waals surface area (Å²) >= 11 is 0. The minimum Gasteiger partial charge on any atom is -0.484 e. The van der Waals surface area contributed by atoms with E-state index in [0.717, 1.165) is 12.8 Å². The minimum atomic E-state index is -0.380. The number of carbonyl (C=O) groups is 3. The zero-order valence-electron chi connectivity index (χ0n) is 15.5. The number of benzene rings is 2. The summed E-state index contributed by atoms with van der Waals surface area (Å²) in [6, 6.07) is 13.1. The van der Waals surface area contributed by atoms with Crippen LogP contribution in [0.2, 0.25) is 0 Å². The number of unbranched alkanes of at least 4 members (excludes halogenated alkanes) is 1. The average molecular weight is 369 g/mol. The van der Waals surface area contributed by atoms with Gasteiger partial charge in [-0.2, -0.15) is 0 Å². The second-order valence-corrected chi connectivity index (χ2v) is 5.99. The standard InChI is InChI=1S/C21H23NO5/c1-3-4-12-26-21(25)16-8-10-18(11-9-16)22-20(24)14-27-19-7-5-6-17(13-19)15(2)23/h5-11,13H,3-4,12,14H2,1-2H3,(H,22,24). The lowest BCUT2D eigenvalue weighted by molar-refractivity contribution is -0.118. The summed E-state index contributed by atoms with van der Waals surface area (Å²) in [6.07, 6.45) is 1.79. The number of ether oxygens (including phenoxy) is 2. The third kappa shape index (κ3) is 6.58. The molecule has 0 spiro atoms. The number of anilines is 1. The van der Waals surface area contributed by atoms with E-state index < -0.39 is 0 Å². The molecule has 27 heavy (non-hydrogen) atoms. The number of nitrogens with one attached hydrogen (secondary N) is 1. The average Bonchev–Trinajstić information content (AvgIpc) is 2.67. The van der Waals surface area contributed by atoms with Crippen LogP contribution in [0, 0.1) is 0 Å². The summed E-state index contributed by atoms with van der Waals surface area (Å²) in [7, 11) is 0. The van der Waals surface area contributed by atoms with Crippen LogP contribution >= 0.6 is 0 Å². The van der Waals surface area contributed by atoms with Crippen LogP contribution in [-0.2, 0) is 9.53 Å². The van der Waals surface area contributed by atoms with Crippen LogP contribution in [0.4, 0.5) is 5.69 Å². The molecule has 0 unspecified atom stereocenters. The first-order chi connectivity index (χ1) is 13.0. The first kappa shape index (κ1) is 20.2. The van der Waals surface area contributed by atoms with Gasteiger partial charge in [-0.05, 0) is 49.7 Å². The van der Waals surface area contributed by atoms with Crippen LogP contribution in [0.25, 0.3) is 0 Å². The van der Waals surface area contributed by atoms with Crippen molar-refractivity contribution in [3.8, 4) is 5.75 Å². The molecule has 2 rings (SSSR count). The maximum atomic E-state index is 12.0. The molecule has 2 aromatic rings. The summed E-state index contributed by atoms with van der Waals surface area (Å²) in [6.45, 7) is 3.70. The van der Waals surface area contributed by atoms with Gasteiger partial charge in [-0.1, -0.05) is 25.5 Å². The first-order valence-electron chi connectivity index (χ1n) is 8.80. The molecular weight excluding hydrogens is 346 g/mol. The van der Waals surface area contributed by atoms with Gasteiger partial charge in [0.2, 0.25) is 0 Å². The summed E-state index contributed by atoms with van der Waals surface area (Å²) < 4.78 is 10.5. The maximum Gasteiger partial charge on any atom is 0.338 e. The molecule has 0 fully saturated rings. The van der Waals surface area contributed by atoms with Crippen LogP contribution in [0.15, 0.2) is 48.5 Å². The highest BCUT2D eigenvalue weighted by Crippen LogP contribution is 2.14.